The molecule has 0 atom stereocenters. The second-order valence-electron chi connectivity index (χ2n) is 23.3. The van der Waals surface area contributed by atoms with Gasteiger partial charge in [0.25, 0.3) is 0 Å². The number of benzene rings is 9. The van der Waals surface area contributed by atoms with Crippen LogP contribution in [0.15, 0.2) is 323 Å². The Bertz CT molecular complexity index is 3480. The molecular weight excluding hydrogens is 1430 g/mol. The minimum absolute atomic E-state index is 0. The van der Waals surface area contributed by atoms with E-state index in [9.17, 15) is 0 Å². The first-order valence-corrected chi connectivity index (χ1v) is 39.5. The molecule has 2 aromatic heterocycles. The second kappa shape index (κ2) is 44.0. The second-order valence-corrected chi connectivity index (χ2v) is 32.6. The summed E-state index contributed by atoms with van der Waals surface area (Å²) in [7, 11) is -1.62. The average molecular weight is 1530 g/mol. The Kier molecular flexibility index (Phi) is 35.1. The standard InChI is InChI=1S/2C39H40N3P2.C8H10.2Mo.2H/c2*1-32(40-28-16-30-43(34-18-7-3-8-19-34)35-20-9-4-10-21-35)38-26-15-27-39(42-38)33(2)41-29-17-31-44(36-22-11-5-12-23-36)37-24-13-6-14-25-37;1-7-3-5-8(2)6-4-7;;;;/h2*3-15,18-28H,16-17,29-31H2,1-2H3;3-6H,1-2H3;;;;/q2*-1;;2*+2;2*-1. The van der Waals surface area contributed by atoms with Crippen molar-refractivity contribution in [3.8, 4) is 0 Å². The first kappa shape index (κ1) is 78.1. The monoisotopic (exact) mass is 1530 g/mol. The molecule has 498 valence electrons. The van der Waals surface area contributed by atoms with Crippen LogP contribution in [0.3, 0.4) is 0 Å². The van der Waals surface area contributed by atoms with Crippen molar-refractivity contribution >= 4 is 97.0 Å². The van der Waals surface area contributed by atoms with E-state index in [-0.39, 0.29) is 45.0 Å². The van der Waals surface area contributed by atoms with E-state index in [1.165, 1.54) is 53.6 Å². The van der Waals surface area contributed by atoms with E-state index in [2.05, 4.69) is 320 Å². The van der Waals surface area contributed by atoms with Gasteiger partial charge in [-0.2, -0.15) is 0 Å². The van der Waals surface area contributed by atoms with Crippen LogP contribution in [-0.2, 0) is 42.1 Å². The first-order valence-electron chi connectivity index (χ1n) is 33.4. The summed E-state index contributed by atoms with van der Waals surface area (Å²) < 4.78 is 0. The quantitative estimate of drug-likeness (QED) is 0.0161. The zero-order valence-corrected chi connectivity index (χ0v) is 65.0. The van der Waals surface area contributed by atoms with Gasteiger partial charge < -0.3 is 12.8 Å². The maximum absolute atomic E-state index is 4.93. The Labute approximate surface area is 622 Å². The first-order chi connectivity index (χ1) is 47.2. The molecule has 0 fully saturated rings. The summed E-state index contributed by atoms with van der Waals surface area (Å²) in [5.74, 6) is 0. The Morgan fingerprint density at radius 3 is 0.735 bits per heavy atom. The summed E-state index contributed by atoms with van der Waals surface area (Å²) in [5.41, 5.74) is 10.1. The van der Waals surface area contributed by atoms with Crippen molar-refractivity contribution in [2.75, 3.05) is 37.7 Å². The Balaban J connectivity index is 0.000000312. The van der Waals surface area contributed by atoms with Crippen LogP contribution in [0.5, 0.6) is 0 Å². The SMILES string of the molecule is CC(=N[CH-]CCP(c1ccccc1)c1ccccc1)c1cccc(C(C)=NCCCP(c2ccccc2)c2ccccc2)n1.CC(=N[CH-]CCP(c1ccccc1)c1ccccc1)c1cccc(C(C)=NCCCP(c2ccccc2)c2ccccc2)n1.Cc1ccc(C)cc1.[H-].[H-].[Mo+2].[Mo+2]. The number of hydrogen-bond donors (Lipinski definition) is 0. The van der Waals surface area contributed by atoms with Crippen molar-refractivity contribution in [1.82, 2.24) is 9.97 Å². The van der Waals surface area contributed by atoms with Crippen molar-refractivity contribution in [3.63, 3.8) is 0 Å². The van der Waals surface area contributed by atoms with Gasteiger partial charge in [0.15, 0.2) is 0 Å². The topological polar surface area (TPSA) is 75.2 Å². The van der Waals surface area contributed by atoms with Gasteiger partial charge in [0.1, 0.15) is 0 Å². The van der Waals surface area contributed by atoms with Gasteiger partial charge in [-0.05, 0) is 151 Å². The molecule has 0 N–H and O–H groups in total. The fourth-order valence-corrected chi connectivity index (χ4v) is 20.0. The molecule has 12 heteroatoms. The van der Waals surface area contributed by atoms with E-state index in [1.54, 1.807) is 0 Å². The largest absolute Gasteiger partial charge is 2.00 e. The van der Waals surface area contributed by atoms with Gasteiger partial charge in [-0.1, -0.05) is 340 Å². The van der Waals surface area contributed by atoms with Crippen molar-refractivity contribution in [3.05, 3.63) is 350 Å². The van der Waals surface area contributed by atoms with Crippen LogP contribution in [-0.4, -0.2) is 70.6 Å². The number of nitrogens with zero attached hydrogens (tertiary/aromatic N) is 6. The molecule has 9 aromatic carbocycles. The van der Waals surface area contributed by atoms with Gasteiger partial charge in [-0.3, -0.25) is 20.0 Å². The van der Waals surface area contributed by atoms with Crippen LogP contribution in [0.25, 0.3) is 0 Å². The molecule has 0 saturated carbocycles. The number of aliphatic imine (C=N–C) groups is 4. The summed E-state index contributed by atoms with van der Waals surface area (Å²) in [4.78, 5) is 29.3. The molecule has 2 heterocycles. The van der Waals surface area contributed by atoms with Crippen LogP contribution in [0.4, 0.5) is 0 Å². The number of aryl methyl sites for hydroxylation is 2. The van der Waals surface area contributed by atoms with Crippen LogP contribution in [0, 0.1) is 26.9 Å². The molecule has 0 radical (unpaired) electrons. The predicted octanol–water partition coefficient (Wildman–Crippen LogP) is 18.3. The number of aromatic nitrogens is 2. The number of rotatable bonds is 28. The zero-order chi connectivity index (χ0) is 66.8. The molecule has 0 spiro atoms. The van der Waals surface area contributed by atoms with Crippen LogP contribution >= 0.6 is 31.7 Å². The molecule has 11 aromatic rings. The Morgan fingerprint density at radius 2 is 0.500 bits per heavy atom. The number of pyridine rings is 2. The van der Waals surface area contributed by atoms with Gasteiger partial charge in [-0.25, -0.2) is 0 Å². The summed E-state index contributed by atoms with van der Waals surface area (Å²) in [6.45, 7) is 18.1. The average Bonchev–Trinajstić information content (AvgIpc) is 0.982. The fourth-order valence-electron chi connectivity index (χ4n) is 10.8. The van der Waals surface area contributed by atoms with E-state index in [1.807, 2.05) is 38.1 Å². The smallest absolute Gasteiger partial charge is 1.00 e. The van der Waals surface area contributed by atoms with Crippen LogP contribution < -0.4 is 42.4 Å². The van der Waals surface area contributed by atoms with Crippen LogP contribution in [0.2, 0.25) is 0 Å². The predicted molar refractivity (Wildman–Crippen MR) is 428 cm³/mol. The molecule has 0 saturated heterocycles. The molecule has 98 heavy (non-hydrogen) atoms. The molecule has 6 nitrogen and oxygen atoms in total. The van der Waals surface area contributed by atoms with Gasteiger partial charge in [0.05, 0.1) is 22.8 Å². The third-order valence-electron chi connectivity index (χ3n) is 16.1. The number of hydrogen-bond acceptors (Lipinski definition) is 6. The Hall–Kier alpha value is -7.20. The molecule has 0 aliphatic rings. The molecular formula is C86H92Mo2N6P4. The third kappa shape index (κ3) is 25.8. The van der Waals surface area contributed by atoms with E-state index >= 15 is 0 Å². The molecule has 11 rings (SSSR count). The maximum Gasteiger partial charge on any atom is 2.00 e. The summed E-state index contributed by atoms with van der Waals surface area (Å²) in [5, 5.41) is 11.3. The zero-order valence-electron chi connectivity index (χ0n) is 59.4. The van der Waals surface area contributed by atoms with Crippen molar-refractivity contribution in [2.45, 2.75) is 67.2 Å². The van der Waals surface area contributed by atoms with Gasteiger partial charge in [0.2, 0.25) is 0 Å². The summed E-state index contributed by atoms with van der Waals surface area (Å²) >= 11 is 0. The molecule has 0 unspecified atom stereocenters. The third-order valence-corrected chi connectivity index (χ3v) is 26.4. The molecule has 0 aliphatic carbocycles. The van der Waals surface area contributed by atoms with Gasteiger partial charge in [-0.15, -0.1) is 13.1 Å². The van der Waals surface area contributed by atoms with E-state index in [0.717, 1.165) is 109 Å². The van der Waals surface area contributed by atoms with Gasteiger partial charge in [0, 0.05) is 24.5 Å². The normalized spacial score (nSPS) is 11.6. The van der Waals surface area contributed by atoms with Crippen molar-refractivity contribution in [1.29, 1.82) is 0 Å². The molecule has 0 aliphatic heterocycles. The maximum atomic E-state index is 4.93. The fraction of sp³-hybridized carbons (Fsp3) is 0.186. The van der Waals surface area contributed by atoms with Gasteiger partial charge >= 0.3 is 42.1 Å². The van der Waals surface area contributed by atoms with Crippen molar-refractivity contribution < 1.29 is 45.0 Å². The van der Waals surface area contributed by atoms with Crippen LogP contribution in [0.1, 0.15) is 90.1 Å². The molecule has 0 amide bonds. The minimum atomic E-state index is -0.419. The summed E-state index contributed by atoms with van der Waals surface area (Å²) in [6.07, 6.45) is 8.28. The molecule has 0 bridgehead atoms. The van der Waals surface area contributed by atoms with E-state index in [0.29, 0.717) is 0 Å². The van der Waals surface area contributed by atoms with E-state index < -0.39 is 31.7 Å². The minimum Gasteiger partial charge on any atom is -1.00 e. The van der Waals surface area contributed by atoms with Crippen molar-refractivity contribution in [2.24, 2.45) is 20.0 Å². The van der Waals surface area contributed by atoms with E-state index in [4.69, 9.17) is 29.9 Å². The Morgan fingerprint density at radius 1 is 0.286 bits per heavy atom. The summed E-state index contributed by atoms with van der Waals surface area (Å²) in [6, 6.07) is 108.